The van der Waals surface area contributed by atoms with Gasteiger partial charge in [-0.15, -0.1) is 0 Å². The smallest absolute Gasteiger partial charge is 0.321 e. The summed E-state index contributed by atoms with van der Waals surface area (Å²) >= 11 is 0. The SMILES string of the molecule is Cc1ccc(NC(=O)N2CCC([C@@H](NC(=O)CC(C)C)C(=O)N3CCCCC3)CC2)cc1. The van der Waals surface area contributed by atoms with Crippen LogP contribution < -0.4 is 10.6 Å². The summed E-state index contributed by atoms with van der Waals surface area (Å²) < 4.78 is 0. The Balaban J connectivity index is 1.60. The van der Waals surface area contributed by atoms with Crippen molar-refractivity contribution in [2.75, 3.05) is 31.5 Å². The van der Waals surface area contributed by atoms with Gasteiger partial charge >= 0.3 is 6.03 Å². The van der Waals surface area contributed by atoms with Crippen LogP contribution in [0.1, 0.15) is 57.9 Å². The number of rotatable bonds is 6. The quantitative estimate of drug-likeness (QED) is 0.703. The maximum absolute atomic E-state index is 13.3. The van der Waals surface area contributed by atoms with Crippen molar-refractivity contribution in [1.29, 1.82) is 0 Å². The van der Waals surface area contributed by atoms with E-state index in [9.17, 15) is 14.4 Å². The van der Waals surface area contributed by atoms with E-state index in [0.717, 1.165) is 43.6 Å². The molecule has 2 heterocycles. The number of likely N-dealkylation sites (tertiary alicyclic amines) is 2. The minimum atomic E-state index is -0.498. The monoisotopic (exact) mass is 442 g/mol. The number of anilines is 1. The van der Waals surface area contributed by atoms with Crippen LogP contribution in [-0.4, -0.2) is 59.9 Å². The van der Waals surface area contributed by atoms with E-state index >= 15 is 0 Å². The Morgan fingerprint density at radius 3 is 2.16 bits per heavy atom. The Morgan fingerprint density at radius 2 is 1.56 bits per heavy atom. The van der Waals surface area contributed by atoms with E-state index in [4.69, 9.17) is 0 Å². The Kier molecular flexibility index (Phi) is 8.53. The van der Waals surface area contributed by atoms with E-state index in [2.05, 4.69) is 10.6 Å². The second-order valence-corrected chi connectivity index (χ2v) is 9.65. The zero-order valence-electron chi connectivity index (χ0n) is 19.7. The molecule has 2 aliphatic heterocycles. The lowest BCUT2D eigenvalue weighted by Crippen LogP contribution is -2.55. The highest BCUT2D eigenvalue weighted by Crippen LogP contribution is 2.24. The summed E-state index contributed by atoms with van der Waals surface area (Å²) in [5.74, 6) is 0.274. The average Bonchev–Trinajstić information content (AvgIpc) is 2.79. The Hall–Kier alpha value is -2.57. The number of piperidine rings is 2. The van der Waals surface area contributed by atoms with Crippen LogP contribution in [0.2, 0.25) is 0 Å². The molecule has 2 fully saturated rings. The van der Waals surface area contributed by atoms with Gasteiger partial charge < -0.3 is 20.4 Å². The van der Waals surface area contributed by atoms with Gasteiger partial charge in [0.05, 0.1) is 0 Å². The summed E-state index contributed by atoms with van der Waals surface area (Å²) in [5.41, 5.74) is 1.93. The molecule has 7 heteroatoms. The minimum absolute atomic E-state index is 0.0453. The number of amides is 4. The van der Waals surface area contributed by atoms with Gasteiger partial charge in [-0.2, -0.15) is 0 Å². The van der Waals surface area contributed by atoms with Crippen molar-refractivity contribution in [3.63, 3.8) is 0 Å². The standard InChI is InChI=1S/C25H38N4O3/c1-18(2)17-22(30)27-23(24(31)28-13-5-4-6-14-28)20-11-15-29(16-12-20)25(32)26-21-9-7-19(3)8-10-21/h7-10,18,20,23H,4-6,11-17H2,1-3H3,(H,26,32)(H,27,30)/t23-/m1/s1. The Labute approximate surface area is 191 Å². The zero-order valence-corrected chi connectivity index (χ0v) is 19.7. The number of hydrogen-bond donors (Lipinski definition) is 2. The van der Waals surface area contributed by atoms with Crippen molar-refractivity contribution in [3.8, 4) is 0 Å². The third kappa shape index (κ3) is 6.71. The molecule has 2 aliphatic rings. The number of hydrogen-bond acceptors (Lipinski definition) is 3. The third-order valence-corrected chi connectivity index (χ3v) is 6.44. The second kappa shape index (κ2) is 11.3. The molecular weight excluding hydrogens is 404 g/mol. The fourth-order valence-corrected chi connectivity index (χ4v) is 4.57. The molecule has 1 aromatic carbocycles. The summed E-state index contributed by atoms with van der Waals surface area (Å²) in [6, 6.07) is 7.13. The second-order valence-electron chi connectivity index (χ2n) is 9.65. The molecule has 0 unspecified atom stereocenters. The van der Waals surface area contributed by atoms with Crippen LogP contribution in [0.5, 0.6) is 0 Å². The van der Waals surface area contributed by atoms with Crippen molar-refractivity contribution in [1.82, 2.24) is 15.1 Å². The van der Waals surface area contributed by atoms with Gasteiger partial charge in [0.2, 0.25) is 11.8 Å². The lowest BCUT2D eigenvalue weighted by Gasteiger charge is -2.38. The highest BCUT2D eigenvalue weighted by Gasteiger charge is 2.36. The Bertz CT molecular complexity index is 779. The number of carbonyl (C=O) groups is 3. The molecule has 0 aliphatic carbocycles. The van der Waals surface area contributed by atoms with Crippen LogP contribution in [0.3, 0.4) is 0 Å². The lowest BCUT2D eigenvalue weighted by atomic mass is 9.88. The number of nitrogens with zero attached hydrogens (tertiary/aromatic N) is 2. The molecule has 4 amide bonds. The van der Waals surface area contributed by atoms with Gasteiger partial charge in [0.15, 0.2) is 0 Å². The number of aryl methyl sites for hydroxylation is 1. The summed E-state index contributed by atoms with van der Waals surface area (Å²) in [6.45, 7) is 8.72. The first-order chi connectivity index (χ1) is 15.3. The molecule has 3 rings (SSSR count). The fraction of sp³-hybridized carbons (Fsp3) is 0.640. The molecule has 0 bridgehead atoms. The molecule has 176 valence electrons. The molecule has 2 saturated heterocycles. The molecule has 0 radical (unpaired) electrons. The van der Waals surface area contributed by atoms with E-state index < -0.39 is 6.04 Å². The van der Waals surface area contributed by atoms with Gasteiger partial charge in [-0.05, 0) is 63.0 Å². The summed E-state index contributed by atoms with van der Waals surface area (Å²) in [7, 11) is 0. The first-order valence-electron chi connectivity index (χ1n) is 12.0. The third-order valence-electron chi connectivity index (χ3n) is 6.44. The van der Waals surface area contributed by atoms with E-state index in [1.165, 1.54) is 0 Å². The van der Waals surface area contributed by atoms with Gasteiger partial charge in [-0.1, -0.05) is 31.5 Å². The van der Waals surface area contributed by atoms with Gasteiger partial charge in [-0.3, -0.25) is 9.59 Å². The first kappa shape index (κ1) is 24.1. The summed E-state index contributed by atoms with van der Waals surface area (Å²) in [4.78, 5) is 42.3. The van der Waals surface area contributed by atoms with Crippen LogP contribution in [0.4, 0.5) is 10.5 Å². The summed E-state index contributed by atoms with van der Waals surface area (Å²) in [5, 5.41) is 6.01. The molecule has 1 aromatic rings. The van der Waals surface area contributed by atoms with E-state index in [-0.39, 0.29) is 29.7 Å². The molecule has 7 nitrogen and oxygen atoms in total. The first-order valence-corrected chi connectivity index (χ1v) is 12.0. The van der Waals surface area contributed by atoms with Crippen LogP contribution in [0.15, 0.2) is 24.3 Å². The van der Waals surface area contributed by atoms with E-state index in [1.807, 2.05) is 49.9 Å². The maximum Gasteiger partial charge on any atom is 0.321 e. The average molecular weight is 443 g/mol. The number of nitrogens with one attached hydrogen (secondary N) is 2. The van der Waals surface area contributed by atoms with E-state index in [1.54, 1.807) is 4.90 Å². The molecular formula is C25H38N4O3. The summed E-state index contributed by atoms with van der Waals surface area (Å²) in [6.07, 6.45) is 5.03. The molecule has 2 N–H and O–H groups in total. The normalized spacial score (nSPS) is 18.4. The number of benzene rings is 1. The number of carbonyl (C=O) groups excluding carboxylic acids is 3. The largest absolute Gasteiger partial charge is 0.344 e. The predicted molar refractivity (Wildman–Crippen MR) is 126 cm³/mol. The molecule has 0 saturated carbocycles. The zero-order chi connectivity index (χ0) is 23.1. The predicted octanol–water partition coefficient (Wildman–Crippen LogP) is 3.78. The molecule has 1 atom stereocenters. The molecule has 0 aromatic heterocycles. The van der Waals surface area contributed by atoms with Crippen LogP contribution in [0, 0.1) is 18.8 Å². The highest BCUT2D eigenvalue weighted by atomic mass is 16.2. The topological polar surface area (TPSA) is 81.8 Å². The fourth-order valence-electron chi connectivity index (χ4n) is 4.57. The van der Waals surface area contributed by atoms with Crippen molar-refractivity contribution < 1.29 is 14.4 Å². The number of urea groups is 1. The Morgan fingerprint density at radius 1 is 0.938 bits per heavy atom. The van der Waals surface area contributed by atoms with Crippen LogP contribution >= 0.6 is 0 Å². The van der Waals surface area contributed by atoms with Gasteiger partial charge in [0.1, 0.15) is 6.04 Å². The van der Waals surface area contributed by atoms with Gasteiger partial charge in [0.25, 0.3) is 0 Å². The van der Waals surface area contributed by atoms with Crippen molar-refractivity contribution in [3.05, 3.63) is 29.8 Å². The van der Waals surface area contributed by atoms with Crippen LogP contribution in [0.25, 0.3) is 0 Å². The lowest BCUT2D eigenvalue weighted by molar-refractivity contribution is -0.139. The maximum atomic E-state index is 13.3. The molecule has 32 heavy (non-hydrogen) atoms. The van der Waals surface area contributed by atoms with Crippen molar-refractivity contribution >= 4 is 23.5 Å². The van der Waals surface area contributed by atoms with Crippen LogP contribution in [-0.2, 0) is 9.59 Å². The van der Waals surface area contributed by atoms with Gasteiger partial charge in [0, 0.05) is 38.3 Å². The van der Waals surface area contributed by atoms with Crippen molar-refractivity contribution in [2.24, 2.45) is 11.8 Å². The molecule has 0 spiro atoms. The minimum Gasteiger partial charge on any atom is -0.344 e. The van der Waals surface area contributed by atoms with Crippen molar-refractivity contribution in [2.45, 2.75) is 65.3 Å². The van der Waals surface area contributed by atoms with Gasteiger partial charge in [-0.25, -0.2) is 4.79 Å². The van der Waals surface area contributed by atoms with E-state index in [0.29, 0.717) is 32.4 Å². The highest BCUT2D eigenvalue weighted by molar-refractivity contribution is 5.90.